The van der Waals surface area contributed by atoms with Crippen molar-refractivity contribution in [2.75, 3.05) is 11.9 Å². The van der Waals surface area contributed by atoms with Crippen molar-refractivity contribution in [3.63, 3.8) is 0 Å². The van der Waals surface area contributed by atoms with Gasteiger partial charge in [-0.25, -0.2) is 9.18 Å². The Morgan fingerprint density at radius 2 is 1.86 bits per heavy atom. The van der Waals surface area contributed by atoms with Gasteiger partial charge >= 0.3 is 5.97 Å². The maximum absolute atomic E-state index is 13.3. The Kier molecular flexibility index (Phi) is 4.66. The third-order valence-electron chi connectivity index (χ3n) is 2.80. The van der Waals surface area contributed by atoms with E-state index in [1.54, 1.807) is 49.4 Å². The molecule has 5 heteroatoms. The van der Waals surface area contributed by atoms with Crippen LogP contribution >= 0.6 is 0 Å². The molecule has 2 aromatic carbocycles. The predicted octanol–water partition coefficient (Wildman–Crippen LogP) is 2.93. The first-order valence-corrected chi connectivity index (χ1v) is 6.34. The molecule has 0 fully saturated rings. The number of hydrogen-bond acceptors (Lipinski definition) is 3. The first-order valence-electron chi connectivity index (χ1n) is 6.34. The smallest absolute Gasteiger partial charge is 0.338 e. The highest BCUT2D eigenvalue weighted by atomic mass is 19.1. The highest BCUT2D eigenvalue weighted by Crippen LogP contribution is 2.13. The summed E-state index contributed by atoms with van der Waals surface area (Å²) in [5.74, 6) is -1.52. The van der Waals surface area contributed by atoms with E-state index >= 15 is 0 Å². The molecule has 4 nitrogen and oxygen atoms in total. The lowest BCUT2D eigenvalue weighted by Gasteiger charge is -2.07. The summed E-state index contributed by atoms with van der Waals surface area (Å²) in [5.41, 5.74) is 1.18. The van der Waals surface area contributed by atoms with E-state index in [1.165, 1.54) is 6.07 Å². The number of benzene rings is 2. The van der Waals surface area contributed by atoms with Gasteiger partial charge in [-0.05, 0) is 36.8 Å². The average molecular weight is 287 g/mol. The van der Waals surface area contributed by atoms with E-state index in [1.807, 2.05) is 0 Å². The van der Waals surface area contributed by atoms with E-state index in [0.29, 0.717) is 16.8 Å². The highest BCUT2D eigenvalue weighted by molar-refractivity contribution is 5.95. The summed E-state index contributed by atoms with van der Waals surface area (Å²) < 4.78 is 18.2. The van der Waals surface area contributed by atoms with Gasteiger partial charge in [0.15, 0.2) is 6.61 Å². The van der Waals surface area contributed by atoms with Crippen molar-refractivity contribution in [3.05, 3.63) is 65.5 Å². The Hall–Kier alpha value is -2.69. The molecule has 21 heavy (non-hydrogen) atoms. The molecule has 108 valence electrons. The topological polar surface area (TPSA) is 55.4 Å². The van der Waals surface area contributed by atoms with Crippen LogP contribution in [0.4, 0.5) is 10.1 Å². The van der Waals surface area contributed by atoms with Gasteiger partial charge in [0.05, 0.1) is 5.56 Å². The van der Waals surface area contributed by atoms with Crippen molar-refractivity contribution in [1.82, 2.24) is 0 Å². The number of halogens is 1. The Bertz CT molecular complexity index is 656. The number of amides is 1. The number of anilines is 1. The van der Waals surface area contributed by atoms with Crippen molar-refractivity contribution in [2.45, 2.75) is 6.92 Å². The van der Waals surface area contributed by atoms with Crippen LogP contribution in [0.2, 0.25) is 0 Å². The molecule has 0 heterocycles. The van der Waals surface area contributed by atoms with E-state index in [9.17, 15) is 14.0 Å². The fraction of sp³-hybridized carbons (Fsp3) is 0.125. The lowest BCUT2D eigenvalue weighted by atomic mass is 10.2. The van der Waals surface area contributed by atoms with Crippen LogP contribution in [0.1, 0.15) is 15.9 Å². The van der Waals surface area contributed by atoms with Crippen LogP contribution in [0.25, 0.3) is 0 Å². The van der Waals surface area contributed by atoms with Crippen LogP contribution in [0, 0.1) is 12.7 Å². The number of hydrogen-bond donors (Lipinski definition) is 1. The zero-order valence-corrected chi connectivity index (χ0v) is 11.4. The second-order valence-electron chi connectivity index (χ2n) is 4.45. The molecule has 0 aliphatic rings. The molecule has 2 rings (SSSR count). The van der Waals surface area contributed by atoms with Crippen LogP contribution in [0.3, 0.4) is 0 Å². The third kappa shape index (κ3) is 4.14. The van der Waals surface area contributed by atoms with Crippen molar-refractivity contribution in [1.29, 1.82) is 0 Å². The van der Waals surface area contributed by atoms with Crippen molar-refractivity contribution in [2.24, 2.45) is 0 Å². The second kappa shape index (κ2) is 6.65. The van der Waals surface area contributed by atoms with Crippen LogP contribution in [0.15, 0.2) is 48.5 Å². The molecule has 0 saturated heterocycles. The minimum atomic E-state index is -0.583. The zero-order chi connectivity index (χ0) is 15.2. The molecule has 0 atom stereocenters. The first kappa shape index (κ1) is 14.7. The van der Waals surface area contributed by atoms with Gasteiger partial charge in [0.25, 0.3) is 5.91 Å². The summed E-state index contributed by atoms with van der Waals surface area (Å²) in [6.07, 6.45) is 0. The molecule has 2 aromatic rings. The maximum atomic E-state index is 13.3. The number of carbonyl (C=O) groups is 2. The number of esters is 1. The maximum Gasteiger partial charge on any atom is 0.338 e. The molecule has 0 unspecified atom stereocenters. The van der Waals surface area contributed by atoms with Crippen molar-refractivity contribution in [3.8, 4) is 0 Å². The van der Waals surface area contributed by atoms with E-state index in [0.717, 1.165) is 0 Å². The quantitative estimate of drug-likeness (QED) is 0.880. The average Bonchev–Trinajstić information content (AvgIpc) is 2.49. The highest BCUT2D eigenvalue weighted by Gasteiger charge is 2.10. The second-order valence-corrected chi connectivity index (χ2v) is 4.45. The molecule has 0 aliphatic heterocycles. The summed E-state index contributed by atoms with van der Waals surface area (Å²) in [6.45, 7) is 1.20. The van der Waals surface area contributed by atoms with Crippen molar-refractivity contribution >= 4 is 17.6 Å². The fourth-order valence-electron chi connectivity index (χ4n) is 1.66. The Labute approximate surface area is 121 Å². The van der Waals surface area contributed by atoms with Gasteiger partial charge in [-0.1, -0.05) is 24.3 Å². The van der Waals surface area contributed by atoms with E-state index in [4.69, 9.17) is 4.74 Å². The monoisotopic (exact) mass is 287 g/mol. The summed E-state index contributed by atoms with van der Waals surface area (Å²) in [6, 6.07) is 12.7. The molecule has 0 aliphatic carbocycles. The lowest BCUT2D eigenvalue weighted by molar-refractivity contribution is -0.119. The van der Waals surface area contributed by atoms with Gasteiger partial charge in [0.1, 0.15) is 5.82 Å². The van der Waals surface area contributed by atoms with Crippen LogP contribution in [-0.2, 0) is 9.53 Å². The largest absolute Gasteiger partial charge is 0.452 e. The normalized spacial score (nSPS) is 10.0. The molecule has 0 saturated carbocycles. The van der Waals surface area contributed by atoms with Gasteiger partial charge < -0.3 is 10.1 Å². The minimum absolute atomic E-state index is 0.318. The number of aryl methyl sites for hydroxylation is 1. The fourth-order valence-corrected chi connectivity index (χ4v) is 1.66. The van der Waals surface area contributed by atoms with Gasteiger partial charge in [-0.3, -0.25) is 4.79 Å². The Morgan fingerprint density at radius 1 is 1.14 bits per heavy atom. The predicted molar refractivity (Wildman–Crippen MR) is 76.5 cm³/mol. The Morgan fingerprint density at radius 3 is 2.52 bits per heavy atom. The van der Waals surface area contributed by atoms with Gasteiger partial charge in [0, 0.05) is 5.69 Å². The summed E-state index contributed by atoms with van der Waals surface area (Å²) in [4.78, 5) is 23.3. The SMILES string of the molecule is Cc1ccc(NC(=O)COC(=O)c2ccccc2)cc1F. The number of rotatable bonds is 4. The van der Waals surface area contributed by atoms with Gasteiger partial charge in [-0.15, -0.1) is 0 Å². The molecule has 1 N–H and O–H groups in total. The van der Waals surface area contributed by atoms with Gasteiger partial charge in [0.2, 0.25) is 0 Å². The molecule has 0 bridgehead atoms. The summed E-state index contributed by atoms with van der Waals surface area (Å²) >= 11 is 0. The first-order chi connectivity index (χ1) is 10.1. The zero-order valence-electron chi connectivity index (χ0n) is 11.4. The third-order valence-corrected chi connectivity index (χ3v) is 2.80. The number of ether oxygens (including phenoxy) is 1. The minimum Gasteiger partial charge on any atom is -0.452 e. The van der Waals surface area contributed by atoms with Crippen molar-refractivity contribution < 1.29 is 18.7 Å². The molecule has 0 radical (unpaired) electrons. The molecule has 0 spiro atoms. The Balaban J connectivity index is 1.87. The van der Waals surface area contributed by atoms with Gasteiger partial charge in [-0.2, -0.15) is 0 Å². The summed E-state index contributed by atoms with van der Waals surface area (Å²) in [5, 5.41) is 2.46. The lowest BCUT2D eigenvalue weighted by Crippen LogP contribution is -2.21. The molecular formula is C16H14FNO3. The van der Waals surface area contributed by atoms with E-state index < -0.39 is 24.3 Å². The number of nitrogens with one attached hydrogen (secondary N) is 1. The van der Waals surface area contributed by atoms with E-state index in [-0.39, 0.29) is 0 Å². The molecular weight excluding hydrogens is 273 g/mol. The number of carbonyl (C=O) groups excluding carboxylic acids is 2. The molecule has 1 amide bonds. The summed E-state index contributed by atoms with van der Waals surface area (Å²) in [7, 11) is 0. The van der Waals surface area contributed by atoms with Crippen LogP contribution in [-0.4, -0.2) is 18.5 Å². The van der Waals surface area contributed by atoms with E-state index in [2.05, 4.69) is 5.32 Å². The molecule has 0 aromatic heterocycles. The standard InChI is InChI=1S/C16H14FNO3/c1-11-7-8-13(9-14(11)17)18-15(19)10-21-16(20)12-5-3-2-4-6-12/h2-9H,10H2,1H3,(H,18,19). The van der Waals surface area contributed by atoms with Crippen LogP contribution < -0.4 is 5.32 Å². The van der Waals surface area contributed by atoms with Crippen LogP contribution in [0.5, 0.6) is 0 Å².